The van der Waals surface area contributed by atoms with Crippen molar-refractivity contribution >= 4 is 5.97 Å². The van der Waals surface area contributed by atoms with E-state index in [0.717, 1.165) is 11.1 Å². The zero-order valence-corrected chi connectivity index (χ0v) is 15.7. The summed E-state index contributed by atoms with van der Waals surface area (Å²) in [5, 5.41) is 39.6. The molecule has 6 unspecified atom stereocenters. The minimum atomic E-state index is -0.865. The summed E-state index contributed by atoms with van der Waals surface area (Å²) >= 11 is 0. The number of ether oxygens (including phenoxy) is 1. The van der Waals surface area contributed by atoms with E-state index in [1.807, 2.05) is 16.8 Å². The van der Waals surface area contributed by atoms with Crippen LogP contribution in [0, 0.1) is 28.6 Å². The Hall–Kier alpha value is -2.65. The van der Waals surface area contributed by atoms with Gasteiger partial charge in [0.15, 0.2) is 0 Å². The fourth-order valence-corrected chi connectivity index (χ4v) is 5.65. The highest BCUT2D eigenvalue weighted by Crippen LogP contribution is 2.50. The Labute approximate surface area is 163 Å². The van der Waals surface area contributed by atoms with Gasteiger partial charge in [-0.15, -0.1) is 0 Å². The number of fused-ring (bicyclic) bond motifs is 5. The Balaban J connectivity index is 1.93. The molecule has 2 fully saturated rings. The molecule has 8 nitrogen and oxygen atoms in total. The van der Waals surface area contributed by atoms with E-state index >= 15 is 0 Å². The summed E-state index contributed by atoms with van der Waals surface area (Å²) in [4.78, 5) is 15.9. The highest BCUT2D eigenvalue weighted by Gasteiger charge is 2.59. The molecule has 0 aromatic heterocycles. The van der Waals surface area contributed by atoms with Crippen LogP contribution in [-0.2, 0) is 11.2 Å². The van der Waals surface area contributed by atoms with Crippen LogP contribution in [0.5, 0.6) is 5.75 Å². The molecule has 146 valence electrons. The molecule has 3 aliphatic heterocycles. The van der Waals surface area contributed by atoms with Crippen molar-refractivity contribution in [3.63, 3.8) is 0 Å². The number of aliphatic hydroxyl groups excluding tert-OH is 1. The van der Waals surface area contributed by atoms with Crippen LogP contribution in [0.25, 0.3) is 0 Å². The lowest BCUT2D eigenvalue weighted by molar-refractivity contribution is -0.144. The number of hydrogen-bond donors (Lipinski definition) is 2. The third-order valence-electron chi connectivity index (χ3n) is 6.75. The van der Waals surface area contributed by atoms with E-state index in [2.05, 4.69) is 12.1 Å². The third-order valence-corrected chi connectivity index (χ3v) is 6.75. The smallest absolute Gasteiger partial charge is 0.308 e. The molecule has 0 saturated carbocycles. The fourth-order valence-electron chi connectivity index (χ4n) is 5.65. The van der Waals surface area contributed by atoms with Crippen molar-refractivity contribution in [1.29, 1.82) is 10.5 Å². The predicted molar refractivity (Wildman–Crippen MR) is 97.3 cm³/mol. The van der Waals surface area contributed by atoms with Gasteiger partial charge in [0.25, 0.3) is 0 Å². The Morgan fingerprint density at radius 3 is 2.68 bits per heavy atom. The number of nitriles is 2. The van der Waals surface area contributed by atoms with Gasteiger partial charge in [-0.1, -0.05) is 0 Å². The van der Waals surface area contributed by atoms with E-state index in [1.54, 1.807) is 12.1 Å². The number of piperazine rings is 1. The van der Waals surface area contributed by atoms with Gasteiger partial charge in [0.2, 0.25) is 0 Å². The van der Waals surface area contributed by atoms with Crippen LogP contribution in [0.2, 0.25) is 0 Å². The third kappa shape index (κ3) is 2.36. The van der Waals surface area contributed by atoms with Gasteiger partial charge in [-0.2, -0.15) is 10.5 Å². The van der Waals surface area contributed by atoms with Gasteiger partial charge in [-0.05, 0) is 37.6 Å². The van der Waals surface area contributed by atoms with E-state index in [0.29, 0.717) is 24.2 Å². The molecule has 8 heteroatoms. The molecule has 2 N–H and O–H groups in total. The first kappa shape index (κ1) is 18.7. The monoisotopic (exact) mass is 382 g/mol. The van der Waals surface area contributed by atoms with Gasteiger partial charge < -0.3 is 14.9 Å². The molecule has 0 spiro atoms. The van der Waals surface area contributed by atoms with Crippen LogP contribution >= 0.6 is 0 Å². The number of likely N-dealkylation sites (N-methyl/N-ethyl adjacent to an activating group) is 1. The summed E-state index contributed by atoms with van der Waals surface area (Å²) in [6.45, 7) is -0.242. The number of carboxylic acids is 1. The Morgan fingerprint density at radius 2 is 2.11 bits per heavy atom. The maximum absolute atomic E-state index is 11.9. The molecule has 0 amide bonds. The van der Waals surface area contributed by atoms with E-state index < -0.39 is 24.0 Å². The van der Waals surface area contributed by atoms with Crippen LogP contribution in [0.4, 0.5) is 0 Å². The van der Waals surface area contributed by atoms with Crippen LogP contribution in [0.15, 0.2) is 12.1 Å². The number of hydrogen-bond acceptors (Lipinski definition) is 7. The molecule has 2 saturated heterocycles. The quantitative estimate of drug-likeness (QED) is 0.776. The number of methoxy groups -OCH3 is 1. The summed E-state index contributed by atoms with van der Waals surface area (Å²) in [5.41, 5.74) is 2.01. The topological polar surface area (TPSA) is 121 Å². The number of aliphatic carboxylic acids is 1. The summed E-state index contributed by atoms with van der Waals surface area (Å²) in [7, 11) is 3.41. The minimum Gasteiger partial charge on any atom is -0.496 e. The normalized spacial score (nSPS) is 34.0. The molecule has 28 heavy (non-hydrogen) atoms. The highest BCUT2D eigenvalue weighted by atomic mass is 16.5. The van der Waals surface area contributed by atoms with Crippen molar-refractivity contribution in [3.05, 3.63) is 28.8 Å². The highest BCUT2D eigenvalue weighted by molar-refractivity contribution is 5.72. The van der Waals surface area contributed by atoms with Crippen LogP contribution in [0.3, 0.4) is 0 Å². The number of nitrogens with zero attached hydrogens (tertiary/aromatic N) is 4. The van der Waals surface area contributed by atoms with Gasteiger partial charge in [-0.3, -0.25) is 14.6 Å². The lowest BCUT2D eigenvalue weighted by Gasteiger charge is -2.54. The minimum absolute atomic E-state index is 0.215. The zero-order valence-electron chi connectivity index (χ0n) is 15.7. The molecule has 6 atom stereocenters. The zero-order chi connectivity index (χ0) is 20.2. The summed E-state index contributed by atoms with van der Waals surface area (Å²) < 4.78 is 5.51. The van der Waals surface area contributed by atoms with Crippen LogP contribution < -0.4 is 4.74 Å². The molecule has 1 aromatic carbocycles. The number of rotatable bonds is 3. The number of benzene rings is 1. The maximum atomic E-state index is 11.9. The number of carbonyl (C=O) groups is 1. The fraction of sp³-hybridized carbons (Fsp3) is 0.550. The molecule has 3 heterocycles. The second-order valence-corrected chi connectivity index (χ2v) is 7.71. The van der Waals surface area contributed by atoms with Crippen molar-refractivity contribution in [3.8, 4) is 17.9 Å². The number of carboxylic acid groups (broad SMARTS) is 1. The van der Waals surface area contributed by atoms with Gasteiger partial charge in [-0.25, -0.2) is 0 Å². The largest absolute Gasteiger partial charge is 0.496 e. The van der Waals surface area contributed by atoms with Crippen molar-refractivity contribution in [1.82, 2.24) is 9.80 Å². The van der Waals surface area contributed by atoms with Gasteiger partial charge >= 0.3 is 5.97 Å². The van der Waals surface area contributed by atoms with Crippen molar-refractivity contribution in [2.24, 2.45) is 5.92 Å². The molecule has 0 aliphatic carbocycles. The molecule has 2 bridgehead atoms. The molecular weight excluding hydrogens is 360 g/mol. The summed E-state index contributed by atoms with van der Waals surface area (Å²) in [6.07, 6.45) is 0.841. The van der Waals surface area contributed by atoms with E-state index in [1.165, 1.54) is 7.11 Å². The van der Waals surface area contributed by atoms with Crippen LogP contribution in [-0.4, -0.2) is 70.9 Å². The molecule has 0 radical (unpaired) electrons. The maximum Gasteiger partial charge on any atom is 0.308 e. The van der Waals surface area contributed by atoms with E-state index in [4.69, 9.17) is 4.74 Å². The average molecular weight is 382 g/mol. The summed E-state index contributed by atoms with van der Waals surface area (Å²) in [6, 6.07) is 6.13. The van der Waals surface area contributed by atoms with Crippen molar-refractivity contribution in [2.45, 2.75) is 43.1 Å². The van der Waals surface area contributed by atoms with Gasteiger partial charge in [0.1, 0.15) is 11.8 Å². The van der Waals surface area contributed by atoms with Gasteiger partial charge in [0.05, 0.1) is 43.4 Å². The summed E-state index contributed by atoms with van der Waals surface area (Å²) in [5.74, 6) is -0.877. The first-order valence-electron chi connectivity index (χ1n) is 9.31. The SMILES string of the molecule is COc1ccc(C#N)c2c1C(CO)N1C(C#N)C3CC(C(=O)O)C(C1C2)N3C. The Morgan fingerprint density at radius 1 is 1.36 bits per heavy atom. The molecule has 4 rings (SSSR count). The van der Waals surface area contributed by atoms with Gasteiger partial charge in [0, 0.05) is 23.7 Å². The lowest BCUT2D eigenvalue weighted by Crippen LogP contribution is -2.67. The second-order valence-electron chi connectivity index (χ2n) is 7.71. The van der Waals surface area contributed by atoms with E-state index in [9.17, 15) is 25.5 Å². The average Bonchev–Trinajstić information content (AvgIpc) is 2.95. The standard InChI is InChI=1S/C20H22N4O4/c1-23-13-6-12(20(26)27)19(23)14-5-11-10(7-21)3-4-17(28-2)18(11)16(9-25)24(14)15(13)8-22/h3-4,12-16,19,25H,5-6,9H2,1-2H3,(H,26,27). The second kappa shape index (κ2) is 6.75. The number of aliphatic hydroxyl groups is 1. The van der Waals surface area contributed by atoms with Crippen LogP contribution in [0.1, 0.15) is 29.2 Å². The molecule has 3 aliphatic rings. The lowest BCUT2D eigenvalue weighted by atomic mass is 9.79. The van der Waals surface area contributed by atoms with Crippen molar-refractivity contribution in [2.75, 3.05) is 20.8 Å². The Kier molecular flexibility index (Phi) is 4.51. The Bertz CT molecular complexity index is 905. The van der Waals surface area contributed by atoms with Crippen molar-refractivity contribution < 1.29 is 19.7 Å². The first-order valence-corrected chi connectivity index (χ1v) is 9.31. The first-order chi connectivity index (χ1) is 13.5. The molecular formula is C20H22N4O4. The molecule has 1 aromatic rings. The predicted octanol–water partition coefficient (Wildman–Crippen LogP) is 0.506. The van der Waals surface area contributed by atoms with E-state index in [-0.39, 0.29) is 24.7 Å².